The first-order chi connectivity index (χ1) is 9.74. The Morgan fingerprint density at radius 1 is 1.43 bits per heavy atom. The lowest BCUT2D eigenvalue weighted by Crippen LogP contribution is -2.41. The third-order valence-corrected chi connectivity index (χ3v) is 3.62. The Kier molecular flexibility index (Phi) is 5.44. The topological polar surface area (TPSA) is 41.4 Å². The normalized spacial score (nSPS) is 14.3. The summed E-state index contributed by atoms with van der Waals surface area (Å²) in [6.07, 6.45) is 4.06. The van der Waals surface area contributed by atoms with Crippen LogP contribution < -0.4 is 10.6 Å². The monoisotopic (exact) mass is 402 g/mol. The van der Waals surface area contributed by atoms with E-state index in [9.17, 15) is 4.39 Å². The van der Waals surface area contributed by atoms with Gasteiger partial charge in [0.05, 0.1) is 5.52 Å². The van der Waals surface area contributed by atoms with Crippen LogP contribution in [0.25, 0.3) is 10.9 Å². The molecule has 1 aromatic carbocycles. The molecule has 0 atom stereocenters. The number of halogens is 2. The maximum Gasteiger partial charge on any atom is 0.191 e. The molecule has 0 unspecified atom stereocenters. The van der Waals surface area contributed by atoms with Gasteiger partial charge < -0.3 is 15.2 Å². The smallest absolute Gasteiger partial charge is 0.191 e. The Bertz CT molecular complexity index is 650. The summed E-state index contributed by atoms with van der Waals surface area (Å²) in [4.78, 5) is 4.38. The van der Waals surface area contributed by atoms with Crippen molar-refractivity contribution in [1.29, 1.82) is 0 Å². The number of guanidine groups is 1. The van der Waals surface area contributed by atoms with Gasteiger partial charge in [-0.2, -0.15) is 0 Å². The number of benzene rings is 1. The van der Waals surface area contributed by atoms with E-state index in [1.165, 1.54) is 11.6 Å². The Labute approximate surface area is 140 Å². The van der Waals surface area contributed by atoms with Crippen LogP contribution in [0.1, 0.15) is 12.0 Å². The van der Waals surface area contributed by atoms with Crippen LogP contribution >= 0.6 is 24.0 Å². The molecule has 3 rings (SSSR count). The second-order valence-corrected chi connectivity index (χ2v) is 5.11. The summed E-state index contributed by atoms with van der Waals surface area (Å²) in [5, 5.41) is 7.67. The van der Waals surface area contributed by atoms with Crippen molar-refractivity contribution in [1.82, 2.24) is 15.2 Å². The van der Waals surface area contributed by atoms with Gasteiger partial charge in [0, 0.05) is 38.3 Å². The van der Waals surface area contributed by atoms with Crippen LogP contribution in [0.5, 0.6) is 0 Å². The van der Waals surface area contributed by atoms with Gasteiger partial charge in [0.2, 0.25) is 0 Å². The molecule has 2 N–H and O–H groups in total. The summed E-state index contributed by atoms with van der Waals surface area (Å²) in [6, 6.07) is 4.96. The Morgan fingerprint density at radius 3 is 3.05 bits per heavy atom. The minimum absolute atomic E-state index is 0. The second kappa shape index (κ2) is 7.11. The third-order valence-electron chi connectivity index (χ3n) is 3.62. The maximum atomic E-state index is 13.3. The van der Waals surface area contributed by atoms with E-state index in [0.717, 1.165) is 49.3 Å². The average Bonchev–Trinajstić information content (AvgIpc) is 2.76. The van der Waals surface area contributed by atoms with Crippen LogP contribution in [0.4, 0.5) is 4.39 Å². The standard InChI is InChI=1S/C15H19FN4.HI/c1-20-10-11(13-4-3-12(16)9-14(13)20)5-8-19-15-17-6-2-7-18-15;/h3-4,9-10H,2,5-8H2,1H3,(H2,17,18,19);1H. The second-order valence-electron chi connectivity index (χ2n) is 5.11. The lowest BCUT2D eigenvalue weighted by Gasteiger charge is -2.15. The van der Waals surface area contributed by atoms with Crippen molar-refractivity contribution in [3.05, 3.63) is 35.8 Å². The lowest BCUT2D eigenvalue weighted by molar-refractivity contribution is 0.629. The predicted octanol–water partition coefficient (Wildman–Crippen LogP) is 2.42. The number of hydrogen-bond acceptors (Lipinski definition) is 3. The van der Waals surface area contributed by atoms with E-state index in [4.69, 9.17) is 0 Å². The first-order valence-electron chi connectivity index (χ1n) is 7.00. The fourth-order valence-corrected chi connectivity index (χ4v) is 2.61. The van der Waals surface area contributed by atoms with E-state index in [1.54, 1.807) is 6.07 Å². The highest BCUT2D eigenvalue weighted by atomic mass is 127. The van der Waals surface area contributed by atoms with Crippen LogP contribution in [-0.2, 0) is 13.5 Å². The number of fused-ring (bicyclic) bond motifs is 1. The minimum atomic E-state index is -0.191. The number of hydrogen-bond donors (Lipinski definition) is 2. The third kappa shape index (κ3) is 3.66. The zero-order chi connectivity index (χ0) is 13.9. The maximum absolute atomic E-state index is 13.3. The lowest BCUT2D eigenvalue weighted by atomic mass is 10.1. The molecule has 4 nitrogen and oxygen atoms in total. The highest BCUT2D eigenvalue weighted by Crippen LogP contribution is 2.21. The highest BCUT2D eigenvalue weighted by Gasteiger charge is 2.08. The van der Waals surface area contributed by atoms with Crippen molar-refractivity contribution in [2.75, 3.05) is 19.6 Å². The molecule has 1 aliphatic heterocycles. The average molecular weight is 402 g/mol. The summed E-state index contributed by atoms with van der Waals surface area (Å²) in [6.45, 7) is 2.70. The summed E-state index contributed by atoms with van der Waals surface area (Å²) in [7, 11) is 1.95. The highest BCUT2D eigenvalue weighted by molar-refractivity contribution is 14.0. The van der Waals surface area contributed by atoms with Crippen molar-refractivity contribution in [3.8, 4) is 0 Å². The number of aryl methyl sites for hydroxylation is 1. The molecule has 114 valence electrons. The molecular weight excluding hydrogens is 382 g/mol. The van der Waals surface area contributed by atoms with E-state index < -0.39 is 0 Å². The quantitative estimate of drug-likeness (QED) is 0.775. The Balaban J connectivity index is 0.00000161. The van der Waals surface area contributed by atoms with Gasteiger partial charge in [-0.15, -0.1) is 24.0 Å². The van der Waals surface area contributed by atoms with E-state index in [2.05, 4.69) is 21.8 Å². The molecule has 0 spiro atoms. The van der Waals surface area contributed by atoms with Crippen molar-refractivity contribution in [2.45, 2.75) is 12.8 Å². The van der Waals surface area contributed by atoms with Gasteiger partial charge in [-0.25, -0.2) is 4.39 Å². The van der Waals surface area contributed by atoms with Crippen molar-refractivity contribution < 1.29 is 4.39 Å². The molecule has 2 aromatic rings. The predicted molar refractivity (Wildman–Crippen MR) is 94.9 cm³/mol. The molecule has 0 fully saturated rings. The van der Waals surface area contributed by atoms with E-state index in [0.29, 0.717) is 0 Å². The molecule has 6 heteroatoms. The molecule has 1 aromatic heterocycles. The number of rotatable bonds is 3. The molecule has 0 saturated carbocycles. The van der Waals surface area contributed by atoms with Crippen molar-refractivity contribution in [3.63, 3.8) is 0 Å². The van der Waals surface area contributed by atoms with Crippen molar-refractivity contribution in [2.24, 2.45) is 12.0 Å². The first kappa shape index (κ1) is 16.1. The van der Waals surface area contributed by atoms with E-state index in [-0.39, 0.29) is 29.8 Å². The Morgan fingerprint density at radius 2 is 2.29 bits per heavy atom. The molecule has 21 heavy (non-hydrogen) atoms. The van der Waals surface area contributed by atoms with E-state index >= 15 is 0 Å². The summed E-state index contributed by atoms with van der Waals surface area (Å²) in [5.41, 5.74) is 2.17. The molecule has 1 aliphatic rings. The number of aromatic nitrogens is 1. The van der Waals surface area contributed by atoms with Crippen LogP contribution in [-0.4, -0.2) is 30.2 Å². The number of nitrogens with zero attached hydrogens (tertiary/aromatic N) is 2. The molecule has 0 radical (unpaired) electrons. The molecule has 0 bridgehead atoms. The molecule has 0 saturated heterocycles. The van der Waals surface area contributed by atoms with E-state index in [1.807, 2.05) is 17.7 Å². The van der Waals surface area contributed by atoms with Crippen molar-refractivity contribution >= 4 is 40.8 Å². The van der Waals surface area contributed by atoms with Gasteiger partial charge in [-0.1, -0.05) is 0 Å². The molecule has 2 heterocycles. The van der Waals surface area contributed by atoms with Gasteiger partial charge in [0.1, 0.15) is 5.82 Å². The summed E-state index contributed by atoms with van der Waals surface area (Å²) >= 11 is 0. The van der Waals surface area contributed by atoms with Gasteiger partial charge in [0.15, 0.2) is 5.96 Å². The molecule has 0 amide bonds. The molecular formula is C15H20FIN4. The van der Waals surface area contributed by atoms with Crippen LogP contribution in [0.2, 0.25) is 0 Å². The first-order valence-corrected chi connectivity index (χ1v) is 7.00. The van der Waals surface area contributed by atoms with Gasteiger partial charge in [0.25, 0.3) is 0 Å². The van der Waals surface area contributed by atoms with Crippen LogP contribution in [0.15, 0.2) is 29.4 Å². The van der Waals surface area contributed by atoms with Crippen LogP contribution in [0, 0.1) is 5.82 Å². The fraction of sp³-hybridized carbons (Fsp3) is 0.400. The van der Waals surface area contributed by atoms with Crippen LogP contribution in [0.3, 0.4) is 0 Å². The fourth-order valence-electron chi connectivity index (χ4n) is 2.61. The Hall–Kier alpha value is -1.31. The zero-order valence-electron chi connectivity index (χ0n) is 12.0. The largest absolute Gasteiger partial charge is 0.356 e. The minimum Gasteiger partial charge on any atom is -0.356 e. The van der Waals surface area contributed by atoms with Gasteiger partial charge in [-0.3, -0.25) is 4.99 Å². The summed E-state index contributed by atoms with van der Waals surface area (Å²) < 4.78 is 15.2. The number of aliphatic imine (C=N–C) groups is 1. The summed E-state index contributed by atoms with van der Waals surface area (Å²) in [5.74, 6) is 0.701. The zero-order valence-corrected chi connectivity index (χ0v) is 14.4. The molecule has 0 aliphatic carbocycles. The number of nitrogens with one attached hydrogen (secondary N) is 2. The van der Waals surface area contributed by atoms with Gasteiger partial charge in [-0.05, 0) is 36.6 Å². The SMILES string of the molecule is Cn1cc(CCNC2=NCCCN2)c2ccc(F)cc21.I. The van der Waals surface area contributed by atoms with Gasteiger partial charge >= 0.3 is 0 Å².